The van der Waals surface area contributed by atoms with Gasteiger partial charge < -0.3 is 15.0 Å². The van der Waals surface area contributed by atoms with Crippen LogP contribution in [0.25, 0.3) is 0 Å². The van der Waals surface area contributed by atoms with Crippen LogP contribution in [-0.4, -0.2) is 32.7 Å². The topological polar surface area (TPSA) is 41.6 Å². The van der Waals surface area contributed by atoms with Gasteiger partial charge in [-0.1, -0.05) is 0 Å². The molecule has 0 radical (unpaired) electrons. The maximum Gasteiger partial charge on any atom is 0.253 e. The van der Waals surface area contributed by atoms with E-state index in [4.69, 9.17) is 4.74 Å². The molecule has 1 fully saturated rings. The summed E-state index contributed by atoms with van der Waals surface area (Å²) >= 11 is 0. The van der Waals surface area contributed by atoms with Crippen molar-refractivity contribution >= 4 is 17.3 Å². The summed E-state index contributed by atoms with van der Waals surface area (Å²) in [7, 11) is 3.97. The molecular weight excluding hydrogens is 216 g/mol. The molecule has 0 spiro atoms. The molecule has 1 atom stereocenters. The molecule has 0 aromatic heterocycles. The van der Waals surface area contributed by atoms with Crippen LogP contribution >= 0.6 is 0 Å². The molecule has 2 rings (SSSR count). The number of ether oxygens (including phenoxy) is 1. The molecule has 4 heteroatoms. The Bertz CT molecular complexity index is 381. The minimum atomic E-state index is -0.275. The van der Waals surface area contributed by atoms with E-state index in [0.717, 1.165) is 24.2 Å². The highest BCUT2D eigenvalue weighted by molar-refractivity contribution is 5.94. The van der Waals surface area contributed by atoms with E-state index < -0.39 is 0 Å². The maximum absolute atomic E-state index is 11.8. The van der Waals surface area contributed by atoms with Crippen molar-refractivity contribution in [3.8, 4) is 0 Å². The van der Waals surface area contributed by atoms with E-state index in [9.17, 15) is 4.79 Å². The Balaban J connectivity index is 1.96. The normalized spacial score (nSPS) is 19.1. The molecular formula is C13H18N2O2. The molecule has 92 valence electrons. The van der Waals surface area contributed by atoms with Gasteiger partial charge in [-0.3, -0.25) is 4.79 Å². The number of amides is 1. The zero-order valence-electron chi connectivity index (χ0n) is 10.3. The zero-order chi connectivity index (χ0) is 12.3. The van der Waals surface area contributed by atoms with E-state index in [-0.39, 0.29) is 12.0 Å². The summed E-state index contributed by atoms with van der Waals surface area (Å²) in [4.78, 5) is 13.8. The predicted molar refractivity (Wildman–Crippen MR) is 68.4 cm³/mol. The van der Waals surface area contributed by atoms with Gasteiger partial charge >= 0.3 is 0 Å². The molecule has 1 aromatic rings. The highest BCUT2D eigenvalue weighted by atomic mass is 16.5. The van der Waals surface area contributed by atoms with Gasteiger partial charge in [-0.05, 0) is 37.1 Å². The fraction of sp³-hybridized carbons (Fsp3) is 0.462. The van der Waals surface area contributed by atoms with Crippen LogP contribution in [0.15, 0.2) is 24.3 Å². The van der Waals surface area contributed by atoms with Crippen molar-refractivity contribution in [2.24, 2.45) is 0 Å². The van der Waals surface area contributed by atoms with Gasteiger partial charge in [0.15, 0.2) is 0 Å². The van der Waals surface area contributed by atoms with Crippen LogP contribution in [0, 0.1) is 0 Å². The molecule has 1 N–H and O–H groups in total. The Hall–Kier alpha value is -1.55. The molecule has 0 unspecified atom stereocenters. The minimum absolute atomic E-state index is 0.0416. The van der Waals surface area contributed by atoms with E-state index in [1.54, 1.807) is 0 Å². The van der Waals surface area contributed by atoms with Crippen molar-refractivity contribution in [1.29, 1.82) is 0 Å². The summed E-state index contributed by atoms with van der Waals surface area (Å²) < 4.78 is 5.33. The molecule has 1 amide bonds. The Labute approximate surface area is 102 Å². The van der Waals surface area contributed by atoms with E-state index >= 15 is 0 Å². The Morgan fingerprint density at radius 1 is 1.35 bits per heavy atom. The van der Waals surface area contributed by atoms with Crippen molar-refractivity contribution in [2.45, 2.75) is 18.9 Å². The van der Waals surface area contributed by atoms with Crippen LogP contribution in [0.1, 0.15) is 12.8 Å². The zero-order valence-corrected chi connectivity index (χ0v) is 10.3. The lowest BCUT2D eigenvalue weighted by Crippen LogP contribution is -2.26. The molecule has 1 aliphatic heterocycles. The van der Waals surface area contributed by atoms with Gasteiger partial charge in [0.25, 0.3) is 5.91 Å². The number of hydrogen-bond acceptors (Lipinski definition) is 3. The van der Waals surface area contributed by atoms with Gasteiger partial charge in [-0.2, -0.15) is 0 Å². The third kappa shape index (κ3) is 2.97. The number of anilines is 2. The molecule has 1 aromatic carbocycles. The summed E-state index contributed by atoms with van der Waals surface area (Å²) in [5.41, 5.74) is 1.93. The van der Waals surface area contributed by atoms with Crippen LogP contribution in [0.5, 0.6) is 0 Å². The lowest BCUT2D eigenvalue weighted by atomic mass is 10.2. The average Bonchev–Trinajstić information content (AvgIpc) is 2.83. The maximum atomic E-state index is 11.8. The van der Waals surface area contributed by atoms with Crippen molar-refractivity contribution in [2.75, 3.05) is 30.9 Å². The quantitative estimate of drug-likeness (QED) is 0.868. The molecule has 0 saturated carbocycles. The van der Waals surface area contributed by atoms with Crippen LogP contribution < -0.4 is 10.2 Å². The summed E-state index contributed by atoms with van der Waals surface area (Å²) in [5, 5.41) is 2.87. The van der Waals surface area contributed by atoms with Gasteiger partial charge in [-0.25, -0.2) is 0 Å². The van der Waals surface area contributed by atoms with Crippen molar-refractivity contribution < 1.29 is 9.53 Å². The molecule has 17 heavy (non-hydrogen) atoms. The van der Waals surface area contributed by atoms with Gasteiger partial charge in [0.05, 0.1) is 0 Å². The predicted octanol–water partition coefficient (Wildman–Crippen LogP) is 1.87. The SMILES string of the molecule is CN(C)c1ccc(NC(=O)[C@@H]2CCCO2)cc1. The fourth-order valence-electron chi connectivity index (χ4n) is 1.85. The number of rotatable bonds is 3. The summed E-state index contributed by atoms with van der Waals surface area (Å²) in [5.74, 6) is -0.0416. The molecule has 0 aliphatic carbocycles. The van der Waals surface area contributed by atoms with Crippen molar-refractivity contribution in [3.63, 3.8) is 0 Å². The standard InChI is InChI=1S/C13H18N2O2/c1-15(2)11-7-5-10(6-8-11)14-13(16)12-4-3-9-17-12/h5-8,12H,3-4,9H2,1-2H3,(H,14,16)/t12-/m0/s1. The highest BCUT2D eigenvalue weighted by Crippen LogP contribution is 2.18. The van der Waals surface area contributed by atoms with Crippen LogP contribution in [0.4, 0.5) is 11.4 Å². The first kappa shape index (κ1) is 11.9. The Kier molecular flexibility index (Phi) is 3.64. The number of nitrogens with zero attached hydrogens (tertiary/aromatic N) is 1. The van der Waals surface area contributed by atoms with Crippen molar-refractivity contribution in [1.82, 2.24) is 0 Å². The van der Waals surface area contributed by atoms with E-state index in [1.807, 2.05) is 43.3 Å². The third-order valence-electron chi connectivity index (χ3n) is 2.87. The second kappa shape index (κ2) is 5.19. The number of carbonyl (C=O) groups is 1. The number of nitrogens with one attached hydrogen (secondary N) is 1. The number of carbonyl (C=O) groups excluding carboxylic acids is 1. The molecule has 1 saturated heterocycles. The van der Waals surface area contributed by atoms with Gasteiger partial charge in [0.1, 0.15) is 6.10 Å². The Morgan fingerprint density at radius 2 is 2.06 bits per heavy atom. The van der Waals surface area contributed by atoms with Crippen LogP contribution in [-0.2, 0) is 9.53 Å². The van der Waals surface area contributed by atoms with Gasteiger partial charge in [-0.15, -0.1) is 0 Å². The lowest BCUT2D eigenvalue weighted by Gasteiger charge is -2.14. The molecule has 1 aliphatic rings. The summed E-state index contributed by atoms with van der Waals surface area (Å²) in [6, 6.07) is 7.76. The lowest BCUT2D eigenvalue weighted by molar-refractivity contribution is -0.124. The average molecular weight is 234 g/mol. The van der Waals surface area contributed by atoms with Gasteiger partial charge in [0, 0.05) is 32.1 Å². The second-order valence-corrected chi connectivity index (χ2v) is 4.43. The third-order valence-corrected chi connectivity index (χ3v) is 2.87. The monoisotopic (exact) mass is 234 g/mol. The summed E-state index contributed by atoms with van der Waals surface area (Å²) in [6.07, 6.45) is 1.52. The minimum Gasteiger partial charge on any atom is -0.378 e. The largest absolute Gasteiger partial charge is 0.378 e. The molecule has 1 heterocycles. The highest BCUT2D eigenvalue weighted by Gasteiger charge is 2.23. The molecule has 0 bridgehead atoms. The summed E-state index contributed by atoms with van der Waals surface area (Å²) in [6.45, 7) is 0.692. The molecule has 4 nitrogen and oxygen atoms in total. The Morgan fingerprint density at radius 3 is 2.59 bits per heavy atom. The van der Waals surface area contributed by atoms with Crippen LogP contribution in [0.2, 0.25) is 0 Å². The smallest absolute Gasteiger partial charge is 0.253 e. The first-order valence-corrected chi connectivity index (χ1v) is 5.86. The van der Waals surface area contributed by atoms with Crippen LogP contribution in [0.3, 0.4) is 0 Å². The number of benzene rings is 1. The van der Waals surface area contributed by atoms with E-state index in [0.29, 0.717) is 6.61 Å². The fourth-order valence-corrected chi connectivity index (χ4v) is 1.85. The first-order valence-electron chi connectivity index (χ1n) is 5.86. The van der Waals surface area contributed by atoms with E-state index in [1.165, 1.54) is 0 Å². The van der Waals surface area contributed by atoms with E-state index in [2.05, 4.69) is 5.32 Å². The number of hydrogen-bond donors (Lipinski definition) is 1. The second-order valence-electron chi connectivity index (χ2n) is 4.43. The first-order chi connectivity index (χ1) is 8.16. The van der Waals surface area contributed by atoms with Gasteiger partial charge in [0.2, 0.25) is 0 Å². The van der Waals surface area contributed by atoms with Crippen molar-refractivity contribution in [3.05, 3.63) is 24.3 Å².